The van der Waals surface area contributed by atoms with Crippen molar-refractivity contribution in [3.63, 3.8) is 0 Å². The molecule has 27 heavy (non-hydrogen) atoms. The second-order valence-corrected chi connectivity index (χ2v) is 7.25. The van der Waals surface area contributed by atoms with Gasteiger partial charge in [0.1, 0.15) is 11.1 Å². The molecule has 0 aliphatic carbocycles. The lowest BCUT2D eigenvalue weighted by atomic mass is 9.93. The molecule has 1 atom stereocenters. The smallest absolute Gasteiger partial charge is 0.339 e. The maximum absolute atomic E-state index is 12.5. The lowest BCUT2D eigenvalue weighted by Crippen LogP contribution is -2.23. The molecule has 2 heterocycles. The second-order valence-electron chi connectivity index (χ2n) is 6.19. The minimum absolute atomic E-state index is 0.271. The fourth-order valence-electron chi connectivity index (χ4n) is 3.01. The molecule has 1 aromatic heterocycles. The molecule has 1 aliphatic rings. The highest BCUT2D eigenvalue weighted by Crippen LogP contribution is 2.31. The van der Waals surface area contributed by atoms with Crippen LogP contribution in [0.15, 0.2) is 48.5 Å². The van der Waals surface area contributed by atoms with Crippen LogP contribution >= 0.6 is 11.3 Å². The van der Waals surface area contributed by atoms with Gasteiger partial charge in [0.25, 0.3) is 5.91 Å². The van der Waals surface area contributed by atoms with E-state index in [4.69, 9.17) is 4.74 Å². The van der Waals surface area contributed by atoms with Gasteiger partial charge in [-0.25, -0.2) is 4.79 Å². The summed E-state index contributed by atoms with van der Waals surface area (Å²) in [6, 6.07) is 14.6. The normalized spacial score (nSPS) is 15.7. The van der Waals surface area contributed by atoms with Crippen LogP contribution in [0.5, 0.6) is 0 Å². The van der Waals surface area contributed by atoms with E-state index in [9.17, 15) is 9.59 Å². The summed E-state index contributed by atoms with van der Waals surface area (Å²) >= 11 is 1.35. The van der Waals surface area contributed by atoms with E-state index in [1.165, 1.54) is 11.3 Å². The average Bonchev–Trinajstić information content (AvgIpc) is 3.15. The maximum atomic E-state index is 12.5. The Morgan fingerprint density at radius 1 is 1.22 bits per heavy atom. The minimum Gasteiger partial charge on any atom is -0.454 e. The van der Waals surface area contributed by atoms with E-state index >= 15 is 0 Å². The fourth-order valence-corrected chi connectivity index (χ4v) is 3.68. The molecule has 1 N–H and O–H groups in total. The third-order valence-corrected chi connectivity index (χ3v) is 5.39. The maximum Gasteiger partial charge on any atom is 0.339 e. The van der Waals surface area contributed by atoms with Crippen LogP contribution in [-0.4, -0.2) is 22.1 Å². The number of aromatic nitrogens is 2. The van der Waals surface area contributed by atoms with Crippen LogP contribution in [0.1, 0.15) is 49.9 Å². The number of esters is 1. The molecule has 7 heteroatoms. The van der Waals surface area contributed by atoms with Gasteiger partial charge in [-0.1, -0.05) is 48.6 Å². The van der Waals surface area contributed by atoms with E-state index in [0.717, 1.165) is 22.6 Å². The number of rotatable bonds is 4. The van der Waals surface area contributed by atoms with E-state index in [0.29, 0.717) is 22.7 Å². The number of aryl methyl sites for hydroxylation is 1. The van der Waals surface area contributed by atoms with Crippen molar-refractivity contribution < 1.29 is 14.3 Å². The van der Waals surface area contributed by atoms with Gasteiger partial charge in [-0.2, -0.15) is 0 Å². The van der Waals surface area contributed by atoms with Crippen molar-refractivity contribution in [2.24, 2.45) is 0 Å². The molecule has 4 rings (SSSR count). The number of nitrogens with zero attached hydrogens (tertiary/aromatic N) is 2. The highest BCUT2D eigenvalue weighted by Gasteiger charge is 2.28. The monoisotopic (exact) mass is 379 g/mol. The molecule has 0 unspecified atom stereocenters. The molecule has 6 nitrogen and oxygen atoms in total. The molecule has 1 amide bonds. The van der Waals surface area contributed by atoms with Crippen LogP contribution in [0.3, 0.4) is 0 Å². The summed E-state index contributed by atoms with van der Waals surface area (Å²) in [7, 11) is 0. The van der Waals surface area contributed by atoms with Crippen molar-refractivity contribution in [2.75, 3.05) is 5.32 Å². The summed E-state index contributed by atoms with van der Waals surface area (Å²) in [5, 5.41) is 12.1. The predicted molar refractivity (Wildman–Crippen MR) is 102 cm³/mol. The summed E-state index contributed by atoms with van der Waals surface area (Å²) in [4.78, 5) is 24.9. The van der Waals surface area contributed by atoms with E-state index in [1.807, 2.05) is 37.3 Å². The Morgan fingerprint density at radius 3 is 2.78 bits per heavy atom. The predicted octanol–water partition coefficient (Wildman–Crippen LogP) is 3.81. The van der Waals surface area contributed by atoms with Gasteiger partial charge in [-0.05, 0) is 35.7 Å². The molecular formula is C20H17N3O3S. The molecule has 0 saturated carbocycles. The molecule has 0 fully saturated rings. The Kier molecular flexibility index (Phi) is 4.68. The zero-order valence-corrected chi connectivity index (χ0v) is 15.5. The number of ether oxygens (including phenoxy) is 1. The molecule has 0 radical (unpaired) electrons. The number of hydrogen-bond donors (Lipinski definition) is 1. The number of nitrogens with one attached hydrogen (secondary N) is 1. The third-order valence-electron chi connectivity index (χ3n) is 4.40. The lowest BCUT2D eigenvalue weighted by Gasteiger charge is -2.25. The Hall–Kier alpha value is -3.06. The lowest BCUT2D eigenvalue weighted by molar-refractivity contribution is 0.0252. The molecule has 3 aromatic rings. The summed E-state index contributed by atoms with van der Waals surface area (Å²) in [6.45, 7) is 1.98. The number of carbonyl (C=O) groups excluding carboxylic acids is 2. The summed E-state index contributed by atoms with van der Waals surface area (Å²) in [5.41, 5.74) is 2.72. The van der Waals surface area contributed by atoms with Gasteiger partial charge < -0.3 is 4.74 Å². The van der Waals surface area contributed by atoms with Crippen molar-refractivity contribution in [2.45, 2.75) is 25.9 Å². The number of carbonyl (C=O) groups is 2. The van der Waals surface area contributed by atoms with Crippen LogP contribution in [-0.2, 0) is 17.6 Å². The van der Waals surface area contributed by atoms with Crippen molar-refractivity contribution in [3.8, 4) is 0 Å². The van der Waals surface area contributed by atoms with Crippen LogP contribution in [0.25, 0.3) is 0 Å². The van der Waals surface area contributed by atoms with E-state index < -0.39 is 0 Å². The molecule has 2 aromatic carbocycles. The number of anilines is 1. The Balaban J connectivity index is 1.57. The number of cyclic esters (lactones) is 1. The van der Waals surface area contributed by atoms with Gasteiger partial charge in [0.15, 0.2) is 0 Å². The highest BCUT2D eigenvalue weighted by atomic mass is 32.1. The molecule has 0 bridgehead atoms. The first kappa shape index (κ1) is 17.4. The third kappa shape index (κ3) is 3.59. The first-order chi connectivity index (χ1) is 13.1. The van der Waals surface area contributed by atoms with Crippen LogP contribution in [0.4, 0.5) is 5.13 Å². The molecule has 0 saturated heterocycles. The SMILES string of the molecule is CCc1nnc(NC(=O)c2ccc3c(c2)C[C@H](c2ccccc2)OC3=O)s1. The zero-order chi connectivity index (χ0) is 18.8. The van der Waals surface area contributed by atoms with Crippen molar-refractivity contribution in [1.82, 2.24) is 10.2 Å². The van der Waals surface area contributed by atoms with E-state index in [-0.39, 0.29) is 18.0 Å². The second kappa shape index (κ2) is 7.28. The number of hydrogen-bond acceptors (Lipinski definition) is 6. The van der Waals surface area contributed by atoms with Gasteiger partial charge in [0.2, 0.25) is 5.13 Å². The highest BCUT2D eigenvalue weighted by molar-refractivity contribution is 7.15. The first-order valence-corrected chi connectivity index (χ1v) is 9.48. The van der Waals surface area contributed by atoms with E-state index in [2.05, 4.69) is 15.5 Å². The quantitative estimate of drug-likeness (QED) is 0.697. The van der Waals surface area contributed by atoms with Crippen molar-refractivity contribution in [3.05, 3.63) is 75.8 Å². The van der Waals surface area contributed by atoms with Gasteiger partial charge in [-0.15, -0.1) is 10.2 Å². The molecule has 1 aliphatic heterocycles. The Morgan fingerprint density at radius 2 is 2.04 bits per heavy atom. The first-order valence-electron chi connectivity index (χ1n) is 8.66. The number of fused-ring (bicyclic) bond motifs is 1. The Labute approximate surface area is 160 Å². The average molecular weight is 379 g/mol. The summed E-state index contributed by atoms with van der Waals surface area (Å²) < 4.78 is 5.55. The largest absolute Gasteiger partial charge is 0.454 e. The fraction of sp³-hybridized carbons (Fsp3) is 0.200. The number of benzene rings is 2. The minimum atomic E-state index is -0.367. The van der Waals surface area contributed by atoms with Gasteiger partial charge in [-0.3, -0.25) is 10.1 Å². The molecule has 136 valence electrons. The van der Waals surface area contributed by atoms with Gasteiger partial charge in [0.05, 0.1) is 5.56 Å². The van der Waals surface area contributed by atoms with Gasteiger partial charge >= 0.3 is 5.97 Å². The van der Waals surface area contributed by atoms with Crippen LogP contribution in [0, 0.1) is 0 Å². The van der Waals surface area contributed by atoms with Gasteiger partial charge in [0, 0.05) is 12.0 Å². The summed E-state index contributed by atoms with van der Waals surface area (Å²) in [6.07, 6.45) is 0.958. The van der Waals surface area contributed by atoms with Crippen molar-refractivity contribution in [1.29, 1.82) is 0 Å². The molecular weight excluding hydrogens is 362 g/mol. The van der Waals surface area contributed by atoms with Crippen LogP contribution in [0.2, 0.25) is 0 Å². The van der Waals surface area contributed by atoms with E-state index in [1.54, 1.807) is 18.2 Å². The topological polar surface area (TPSA) is 81.2 Å². The summed E-state index contributed by atoms with van der Waals surface area (Å²) in [5.74, 6) is -0.638. The number of amides is 1. The standard InChI is InChI=1S/C20H17N3O3S/c1-2-17-22-23-20(27-17)21-18(24)13-8-9-15-14(10-13)11-16(26-19(15)25)12-6-4-3-5-7-12/h3-10,16H,2,11H2,1H3,(H,21,23,24)/t16-/m1/s1. The molecule has 0 spiro atoms. The Bertz CT molecular complexity index is 1000. The van der Waals surface area contributed by atoms with Crippen LogP contribution < -0.4 is 5.32 Å². The van der Waals surface area contributed by atoms with Crippen molar-refractivity contribution >= 4 is 28.3 Å². The zero-order valence-electron chi connectivity index (χ0n) is 14.6.